The number of hydrogen-bond donors (Lipinski definition) is 2. The number of nitrogens with one attached hydrogen (secondary N) is 1. The zero-order valence-electron chi connectivity index (χ0n) is 12.3. The maximum absolute atomic E-state index is 12.2. The van der Waals surface area contributed by atoms with Crippen molar-refractivity contribution in [3.63, 3.8) is 0 Å². The molecule has 0 bridgehead atoms. The molecule has 0 radical (unpaired) electrons. The normalized spacial score (nSPS) is 21.9. The van der Waals surface area contributed by atoms with E-state index < -0.39 is 11.4 Å². The van der Waals surface area contributed by atoms with Crippen molar-refractivity contribution in [1.29, 1.82) is 0 Å². The molecule has 1 aromatic rings. The molecule has 1 aliphatic rings. The second-order valence-corrected chi connectivity index (χ2v) is 5.61. The predicted molar refractivity (Wildman–Crippen MR) is 79.8 cm³/mol. The summed E-state index contributed by atoms with van der Waals surface area (Å²) < 4.78 is 0. The molecule has 21 heavy (non-hydrogen) atoms. The van der Waals surface area contributed by atoms with Crippen molar-refractivity contribution >= 4 is 12.0 Å². The third kappa shape index (κ3) is 3.54. The molecular formula is C16H22N2O3. The molecule has 1 aromatic carbocycles. The fraction of sp³-hybridized carbons (Fsp3) is 0.500. The van der Waals surface area contributed by atoms with E-state index in [4.69, 9.17) is 0 Å². The number of piperidine rings is 1. The lowest BCUT2D eigenvalue weighted by Gasteiger charge is -2.39. The highest BCUT2D eigenvalue weighted by atomic mass is 16.4. The number of rotatable bonds is 4. The van der Waals surface area contributed by atoms with Gasteiger partial charge in [0.25, 0.3) is 0 Å². The minimum absolute atomic E-state index is 0.183. The van der Waals surface area contributed by atoms with E-state index in [0.29, 0.717) is 32.5 Å². The molecule has 0 aromatic heterocycles. The number of benzene rings is 1. The van der Waals surface area contributed by atoms with Crippen LogP contribution in [-0.2, 0) is 11.3 Å². The summed E-state index contributed by atoms with van der Waals surface area (Å²) in [7, 11) is 0. The molecule has 1 aliphatic heterocycles. The van der Waals surface area contributed by atoms with Gasteiger partial charge >= 0.3 is 12.0 Å². The molecule has 2 amide bonds. The Morgan fingerprint density at radius 2 is 2.05 bits per heavy atom. The van der Waals surface area contributed by atoms with E-state index in [1.54, 1.807) is 4.90 Å². The minimum Gasteiger partial charge on any atom is -0.481 e. The van der Waals surface area contributed by atoms with Gasteiger partial charge in [0, 0.05) is 19.6 Å². The Kier molecular flexibility index (Phi) is 4.83. The van der Waals surface area contributed by atoms with Crippen LogP contribution in [0.4, 0.5) is 4.79 Å². The summed E-state index contributed by atoms with van der Waals surface area (Å²) >= 11 is 0. The van der Waals surface area contributed by atoms with Crippen LogP contribution >= 0.6 is 0 Å². The number of amides is 2. The van der Waals surface area contributed by atoms with Gasteiger partial charge in [-0.2, -0.15) is 0 Å². The standard InChI is InChI=1S/C16H22N2O3/c1-2-16(14(19)20)9-6-10-18(12-16)15(21)17-11-13-7-4-3-5-8-13/h3-5,7-8H,2,6,9-12H2,1H3,(H,17,21)(H,19,20). The molecule has 0 spiro atoms. The lowest BCUT2D eigenvalue weighted by molar-refractivity contribution is -0.152. The second-order valence-electron chi connectivity index (χ2n) is 5.61. The summed E-state index contributed by atoms with van der Waals surface area (Å²) in [6.45, 7) is 3.25. The second kappa shape index (κ2) is 6.61. The molecule has 5 heteroatoms. The molecule has 2 N–H and O–H groups in total. The van der Waals surface area contributed by atoms with Crippen LogP contribution < -0.4 is 5.32 Å². The predicted octanol–water partition coefficient (Wildman–Crippen LogP) is 2.47. The fourth-order valence-corrected chi connectivity index (χ4v) is 2.80. The molecule has 1 heterocycles. The number of carbonyl (C=O) groups is 2. The number of carboxylic acid groups (broad SMARTS) is 1. The first-order valence-electron chi connectivity index (χ1n) is 7.37. The molecule has 0 aliphatic carbocycles. The quantitative estimate of drug-likeness (QED) is 0.895. The van der Waals surface area contributed by atoms with Crippen LogP contribution in [0.2, 0.25) is 0 Å². The molecule has 1 unspecified atom stereocenters. The van der Waals surface area contributed by atoms with Crippen LogP contribution in [0.5, 0.6) is 0 Å². The van der Waals surface area contributed by atoms with Gasteiger partial charge in [0.1, 0.15) is 0 Å². The van der Waals surface area contributed by atoms with E-state index in [0.717, 1.165) is 12.0 Å². The molecule has 1 fully saturated rings. The van der Waals surface area contributed by atoms with Crippen molar-refractivity contribution < 1.29 is 14.7 Å². The number of aliphatic carboxylic acids is 1. The Hall–Kier alpha value is -2.04. The first-order valence-corrected chi connectivity index (χ1v) is 7.37. The Morgan fingerprint density at radius 1 is 1.33 bits per heavy atom. The molecule has 0 saturated carbocycles. The lowest BCUT2D eigenvalue weighted by atomic mass is 9.78. The molecule has 1 atom stereocenters. The highest BCUT2D eigenvalue weighted by molar-refractivity contribution is 5.78. The maximum Gasteiger partial charge on any atom is 0.317 e. The highest BCUT2D eigenvalue weighted by Crippen LogP contribution is 2.33. The van der Waals surface area contributed by atoms with E-state index in [1.807, 2.05) is 37.3 Å². The number of hydrogen-bond acceptors (Lipinski definition) is 2. The average molecular weight is 290 g/mol. The van der Waals surface area contributed by atoms with Crippen molar-refractivity contribution in [2.75, 3.05) is 13.1 Å². The Bertz CT molecular complexity index is 504. The van der Waals surface area contributed by atoms with Gasteiger partial charge in [0.2, 0.25) is 0 Å². The van der Waals surface area contributed by atoms with Crippen LogP contribution in [0, 0.1) is 5.41 Å². The van der Waals surface area contributed by atoms with Gasteiger partial charge in [-0.15, -0.1) is 0 Å². The van der Waals surface area contributed by atoms with Gasteiger partial charge in [-0.25, -0.2) is 4.79 Å². The van der Waals surface area contributed by atoms with Crippen molar-refractivity contribution in [1.82, 2.24) is 10.2 Å². The third-order valence-electron chi connectivity index (χ3n) is 4.28. The average Bonchev–Trinajstić information content (AvgIpc) is 2.53. The fourth-order valence-electron chi connectivity index (χ4n) is 2.80. The van der Waals surface area contributed by atoms with E-state index >= 15 is 0 Å². The highest BCUT2D eigenvalue weighted by Gasteiger charge is 2.42. The van der Waals surface area contributed by atoms with E-state index in [1.165, 1.54) is 0 Å². The van der Waals surface area contributed by atoms with Crippen LogP contribution in [-0.4, -0.2) is 35.1 Å². The zero-order chi connectivity index (χ0) is 15.3. The van der Waals surface area contributed by atoms with Gasteiger partial charge in [0.15, 0.2) is 0 Å². The number of nitrogens with zero attached hydrogens (tertiary/aromatic N) is 1. The Morgan fingerprint density at radius 3 is 2.67 bits per heavy atom. The largest absolute Gasteiger partial charge is 0.481 e. The van der Waals surface area contributed by atoms with Crippen LogP contribution in [0.15, 0.2) is 30.3 Å². The van der Waals surface area contributed by atoms with Gasteiger partial charge < -0.3 is 15.3 Å². The zero-order valence-corrected chi connectivity index (χ0v) is 12.3. The van der Waals surface area contributed by atoms with Crippen LogP contribution in [0.25, 0.3) is 0 Å². The lowest BCUT2D eigenvalue weighted by Crippen LogP contribution is -2.52. The maximum atomic E-state index is 12.2. The smallest absolute Gasteiger partial charge is 0.317 e. The summed E-state index contributed by atoms with van der Waals surface area (Å²) in [4.78, 5) is 25.3. The van der Waals surface area contributed by atoms with Crippen molar-refractivity contribution in [2.45, 2.75) is 32.7 Å². The first-order chi connectivity index (χ1) is 10.1. The summed E-state index contributed by atoms with van der Waals surface area (Å²) in [5.41, 5.74) is 0.241. The molecule has 114 valence electrons. The van der Waals surface area contributed by atoms with Gasteiger partial charge in [-0.1, -0.05) is 37.3 Å². The third-order valence-corrected chi connectivity index (χ3v) is 4.28. The van der Waals surface area contributed by atoms with Crippen molar-refractivity contribution in [3.05, 3.63) is 35.9 Å². The van der Waals surface area contributed by atoms with Crippen LogP contribution in [0.1, 0.15) is 31.7 Å². The molecule has 5 nitrogen and oxygen atoms in total. The van der Waals surface area contributed by atoms with E-state index in [-0.39, 0.29) is 6.03 Å². The SMILES string of the molecule is CCC1(C(=O)O)CCCN(C(=O)NCc2ccccc2)C1. The van der Waals surface area contributed by atoms with Gasteiger partial charge in [0.05, 0.1) is 5.41 Å². The van der Waals surface area contributed by atoms with Crippen molar-refractivity contribution in [3.8, 4) is 0 Å². The molecule has 1 saturated heterocycles. The van der Waals surface area contributed by atoms with Crippen molar-refractivity contribution in [2.24, 2.45) is 5.41 Å². The number of likely N-dealkylation sites (tertiary alicyclic amines) is 1. The Balaban J connectivity index is 1.94. The summed E-state index contributed by atoms with van der Waals surface area (Å²) in [6, 6.07) is 9.49. The van der Waals surface area contributed by atoms with Gasteiger partial charge in [-0.05, 0) is 24.8 Å². The van der Waals surface area contributed by atoms with E-state index in [2.05, 4.69) is 5.32 Å². The monoisotopic (exact) mass is 290 g/mol. The van der Waals surface area contributed by atoms with Gasteiger partial charge in [-0.3, -0.25) is 4.79 Å². The number of carboxylic acids is 1. The summed E-state index contributed by atoms with van der Waals surface area (Å²) in [5, 5.41) is 12.3. The summed E-state index contributed by atoms with van der Waals surface area (Å²) in [6.07, 6.45) is 1.92. The van der Waals surface area contributed by atoms with Crippen LogP contribution in [0.3, 0.4) is 0 Å². The molecule has 2 rings (SSSR count). The Labute approximate surface area is 125 Å². The first kappa shape index (κ1) is 15.4. The summed E-state index contributed by atoms with van der Waals surface area (Å²) in [5.74, 6) is -0.800. The molecular weight excluding hydrogens is 268 g/mol. The minimum atomic E-state index is -0.800. The number of carbonyl (C=O) groups excluding carboxylic acids is 1. The number of urea groups is 1. The topological polar surface area (TPSA) is 69.6 Å². The van der Waals surface area contributed by atoms with E-state index in [9.17, 15) is 14.7 Å².